The van der Waals surface area contributed by atoms with E-state index in [9.17, 15) is 4.79 Å². The summed E-state index contributed by atoms with van der Waals surface area (Å²) in [5.74, 6) is 1.58. The van der Waals surface area contributed by atoms with E-state index in [0.29, 0.717) is 0 Å². The van der Waals surface area contributed by atoms with Gasteiger partial charge in [0.25, 0.3) is 0 Å². The van der Waals surface area contributed by atoms with Crippen LogP contribution in [0.1, 0.15) is 13.3 Å². The van der Waals surface area contributed by atoms with Crippen LogP contribution in [-0.2, 0) is 11.3 Å². The van der Waals surface area contributed by atoms with Crippen molar-refractivity contribution in [3.05, 3.63) is 61.1 Å². The molecule has 0 radical (unpaired) electrons. The molecule has 2 aromatic carbocycles. The van der Waals surface area contributed by atoms with Gasteiger partial charge in [-0.2, -0.15) is 5.10 Å². The summed E-state index contributed by atoms with van der Waals surface area (Å²) >= 11 is 0. The maximum atomic E-state index is 11.2. The van der Waals surface area contributed by atoms with E-state index < -0.39 is 0 Å². The quantitative estimate of drug-likeness (QED) is 0.469. The first-order chi connectivity index (χ1) is 15.6. The molecule has 32 heavy (non-hydrogen) atoms. The average molecular weight is 431 g/mol. The van der Waals surface area contributed by atoms with E-state index in [2.05, 4.69) is 36.0 Å². The van der Waals surface area contributed by atoms with Gasteiger partial charge in [0.05, 0.1) is 23.1 Å². The van der Waals surface area contributed by atoms with Gasteiger partial charge in [-0.15, -0.1) is 0 Å². The van der Waals surface area contributed by atoms with Gasteiger partial charge in [-0.1, -0.05) is 0 Å². The highest BCUT2D eigenvalue weighted by Crippen LogP contribution is 2.27. The topological polar surface area (TPSA) is 88.1 Å². The fraction of sp³-hybridized carbons (Fsp3) is 0.292. The van der Waals surface area contributed by atoms with Crippen molar-refractivity contribution < 1.29 is 9.53 Å². The van der Waals surface area contributed by atoms with Gasteiger partial charge in [-0.25, -0.2) is 4.98 Å². The predicted molar refractivity (Wildman–Crippen MR) is 122 cm³/mol. The Labute approximate surface area is 186 Å². The second kappa shape index (κ2) is 8.84. The van der Waals surface area contributed by atoms with Crippen molar-refractivity contribution >= 4 is 16.9 Å². The molecule has 164 valence electrons. The molecule has 0 bridgehead atoms. The molecule has 1 amide bonds. The van der Waals surface area contributed by atoms with Gasteiger partial charge in [-0.05, 0) is 54.4 Å². The van der Waals surface area contributed by atoms with E-state index in [1.807, 2.05) is 48.8 Å². The van der Waals surface area contributed by atoms with E-state index in [-0.39, 0.29) is 11.9 Å². The Morgan fingerprint density at radius 3 is 2.78 bits per heavy atom. The largest absolute Gasteiger partial charge is 0.457 e. The Hall–Kier alpha value is -3.65. The van der Waals surface area contributed by atoms with Crippen LogP contribution in [0.15, 0.2) is 61.1 Å². The lowest BCUT2D eigenvalue weighted by Gasteiger charge is -2.16. The number of imidazole rings is 1. The predicted octanol–water partition coefficient (Wildman–Crippen LogP) is 3.43. The Bertz CT molecular complexity index is 1200. The minimum Gasteiger partial charge on any atom is -0.457 e. The zero-order chi connectivity index (χ0) is 21.9. The van der Waals surface area contributed by atoms with E-state index in [1.54, 1.807) is 13.1 Å². The van der Waals surface area contributed by atoms with Crippen LogP contribution in [0.4, 0.5) is 0 Å². The smallest absolute Gasteiger partial charge is 0.217 e. The van der Waals surface area contributed by atoms with Crippen molar-refractivity contribution in [2.45, 2.75) is 25.9 Å². The van der Waals surface area contributed by atoms with Gasteiger partial charge in [-0.3, -0.25) is 14.8 Å². The molecule has 1 atom stereocenters. The highest BCUT2D eigenvalue weighted by molar-refractivity contribution is 5.77. The number of H-pyrrole nitrogens is 1. The molecule has 1 fully saturated rings. The van der Waals surface area contributed by atoms with E-state index in [1.165, 1.54) is 0 Å². The van der Waals surface area contributed by atoms with Gasteiger partial charge in [0, 0.05) is 51.4 Å². The first-order valence-corrected chi connectivity index (χ1v) is 10.9. The maximum absolute atomic E-state index is 11.2. The lowest BCUT2D eigenvalue weighted by Crippen LogP contribution is -2.36. The number of rotatable bonds is 7. The number of nitrogens with one attached hydrogen (secondary N) is 2. The molecule has 0 unspecified atom stereocenters. The third kappa shape index (κ3) is 4.50. The summed E-state index contributed by atoms with van der Waals surface area (Å²) in [6.07, 6.45) is 4.63. The molecule has 0 saturated carbocycles. The van der Waals surface area contributed by atoms with Crippen molar-refractivity contribution in [3.63, 3.8) is 0 Å². The van der Waals surface area contributed by atoms with Gasteiger partial charge in [0.15, 0.2) is 0 Å². The maximum Gasteiger partial charge on any atom is 0.217 e. The SMILES string of the molecule is CC(=O)N[C@@H]1CCN(CCn2cnc3cc(Oc4ccc(-c5ccn[nH]5)cc4)ccc32)C1. The average Bonchev–Trinajstić information content (AvgIpc) is 3.54. The minimum absolute atomic E-state index is 0.0456. The summed E-state index contributed by atoms with van der Waals surface area (Å²) in [6, 6.07) is 16.1. The van der Waals surface area contributed by atoms with Crippen LogP contribution >= 0.6 is 0 Å². The molecule has 2 N–H and O–H groups in total. The highest BCUT2D eigenvalue weighted by Gasteiger charge is 2.22. The number of hydrogen-bond acceptors (Lipinski definition) is 5. The summed E-state index contributed by atoms with van der Waals surface area (Å²) in [7, 11) is 0. The van der Waals surface area contributed by atoms with Crippen molar-refractivity contribution in [2.75, 3.05) is 19.6 Å². The zero-order valence-corrected chi connectivity index (χ0v) is 18.0. The van der Waals surface area contributed by atoms with Crippen LogP contribution in [-0.4, -0.2) is 56.2 Å². The Balaban J connectivity index is 1.21. The molecule has 1 saturated heterocycles. The van der Waals surface area contributed by atoms with Crippen LogP contribution in [0.5, 0.6) is 11.5 Å². The van der Waals surface area contributed by atoms with Crippen molar-refractivity contribution in [2.24, 2.45) is 0 Å². The number of carbonyl (C=O) groups is 1. The standard InChI is InChI=1S/C24H26N6O2/c1-17(31)27-19-9-11-29(15-19)12-13-30-16-25-23-14-21(6-7-24(23)30)32-20-4-2-18(3-5-20)22-8-10-26-28-22/h2-8,10,14,16,19H,9,11-13,15H2,1H3,(H,26,28)(H,27,31)/t19-/m1/s1. The number of benzene rings is 2. The molecule has 4 aromatic rings. The van der Waals surface area contributed by atoms with E-state index in [4.69, 9.17) is 4.74 Å². The van der Waals surface area contributed by atoms with E-state index in [0.717, 1.165) is 66.4 Å². The summed E-state index contributed by atoms with van der Waals surface area (Å²) in [6.45, 7) is 5.29. The fourth-order valence-corrected chi connectivity index (χ4v) is 4.23. The Morgan fingerprint density at radius 1 is 1.16 bits per heavy atom. The van der Waals surface area contributed by atoms with Crippen LogP contribution in [0.3, 0.4) is 0 Å². The lowest BCUT2D eigenvalue weighted by molar-refractivity contribution is -0.119. The van der Waals surface area contributed by atoms with Crippen LogP contribution in [0.25, 0.3) is 22.3 Å². The Morgan fingerprint density at radius 2 is 2.00 bits per heavy atom. The van der Waals surface area contributed by atoms with Crippen molar-refractivity contribution in [1.82, 2.24) is 30.0 Å². The molecule has 8 heteroatoms. The van der Waals surface area contributed by atoms with Crippen LogP contribution < -0.4 is 10.1 Å². The molecule has 3 heterocycles. The van der Waals surface area contributed by atoms with Crippen molar-refractivity contribution in [1.29, 1.82) is 0 Å². The van der Waals surface area contributed by atoms with Gasteiger partial charge >= 0.3 is 0 Å². The molecule has 1 aliphatic rings. The molecular weight excluding hydrogens is 404 g/mol. The number of nitrogens with zero attached hydrogens (tertiary/aromatic N) is 4. The molecule has 0 spiro atoms. The van der Waals surface area contributed by atoms with Crippen molar-refractivity contribution in [3.8, 4) is 22.8 Å². The molecule has 0 aliphatic carbocycles. The number of amides is 1. The molecule has 2 aromatic heterocycles. The summed E-state index contributed by atoms with van der Waals surface area (Å²) in [5, 5.41) is 9.96. The van der Waals surface area contributed by atoms with Crippen LogP contribution in [0, 0.1) is 0 Å². The Kier molecular flexibility index (Phi) is 5.60. The second-order valence-corrected chi connectivity index (χ2v) is 8.17. The number of ether oxygens (including phenoxy) is 1. The first-order valence-electron chi connectivity index (χ1n) is 10.9. The van der Waals surface area contributed by atoms with Crippen LogP contribution in [0.2, 0.25) is 0 Å². The number of likely N-dealkylation sites (tertiary alicyclic amines) is 1. The van der Waals surface area contributed by atoms with Gasteiger partial charge < -0.3 is 14.6 Å². The third-order valence-corrected chi connectivity index (χ3v) is 5.83. The zero-order valence-electron chi connectivity index (χ0n) is 18.0. The van der Waals surface area contributed by atoms with Gasteiger partial charge in [0.2, 0.25) is 5.91 Å². The number of carbonyl (C=O) groups excluding carboxylic acids is 1. The summed E-state index contributed by atoms with van der Waals surface area (Å²) < 4.78 is 8.21. The van der Waals surface area contributed by atoms with E-state index >= 15 is 0 Å². The minimum atomic E-state index is 0.0456. The lowest BCUT2D eigenvalue weighted by atomic mass is 10.1. The summed E-state index contributed by atoms with van der Waals surface area (Å²) in [5.41, 5.74) is 4.03. The third-order valence-electron chi connectivity index (χ3n) is 5.83. The molecule has 1 aliphatic heterocycles. The number of aromatic nitrogens is 4. The first kappa shape index (κ1) is 20.3. The fourth-order valence-electron chi connectivity index (χ4n) is 4.23. The monoisotopic (exact) mass is 430 g/mol. The highest BCUT2D eigenvalue weighted by atomic mass is 16.5. The molecule has 8 nitrogen and oxygen atoms in total. The molecule has 5 rings (SSSR count). The number of fused-ring (bicyclic) bond motifs is 1. The van der Waals surface area contributed by atoms with Gasteiger partial charge in [0.1, 0.15) is 11.5 Å². The number of hydrogen-bond donors (Lipinski definition) is 2. The molecular formula is C24H26N6O2. The normalized spacial score (nSPS) is 16.5. The summed E-state index contributed by atoms with van der Waals surface area (Å²) in [4.78, 5) is 18.2. The second-order valence-electron chi connectivity index (χ2n) is 8.17. The number of aromatic amines is 1.